The molecule has 0 bridgehead atoms. The topological polar surface area (TPSA) is 83.0 Å². The van der Waals surface area contributed by atoms with Crippen LogP contribution in [-0.2, 0) is 14.8 Å². The lowest BCUT2D eigenvalue weighted by Gasteiger charge is -2.40. The Kier molecular flexibility index (Phi) is 9.97. The van der Waals surface area contributed by atoms with Gasteiger partial charge in [0.15, 0.2) is 5.96 Å². The van der Waals surface area contributed by atoms with E-state index in [0.717, 1.165) is 25.5 Å². The van der Waals surface area contributed by atoms with Gasteiger partial charge in [-0.2, -0.15) is 4.31 Å². The van der Waals surface area contributed by atoms with E-state index in [4.69, 9.17) is 4.74 Å². The van der Waals surface area contributed by atoms with Gasteiger partial charge in [0.05, 0.1) is 19.0 Å². The Hall–Kier alpha value is -0.130. The summed E-state index contributed by atoms with van der Waals surface area (Å²) in [6.07, 6.45) is 4.95. The Labute approximate surface area is 169 Å². The summed E-state index contributed by atoms with van der Waals surface area (Å²) in [6.45, 7) is 8.06. The van der Waals surface area contributed by atoms with Gasteiger partial charge in [0.2, 0.25) is 10.0 Å². The first kappa shape index (κ1) is 22.9. The number of sulfonamides is 1. The second kappa shape index (κ2) is 10.9. The summed E-state index contributed by atoms with van der Waals surface area (Å²) in [4.78, 5) is 4.68. The van der Waals surface area contributed by atoms with Crippen molar-refractivity contribution in [2.45, 2.75) is 39.5 Å². The third-order valence-electron chi connectivity index (χ3n) is 5.10. The second-order valence-corrected chi connectivity index (χ2v) is 8.74. The standard InChI is InChI=1S/C16H32N4O3S.HI/c1-3-16(6-5-7-16)14-19-15(17-4-2)18-8-13-24(21,22)20-9-11-23-12-10-20;/h3-14H2,1-2H3,(H2,17,18,19);1H. The van der Waals surface area contributed by atoms with Crippen LogP contribution in [0.1, 0.15) is 39.5 Å². The van der Waals surface area contributed by atoms with Crippen molar-refractivity contribution < 1.29 is 13.2 Å². The minimum atomic E-state index is -3.23. The van der Waals surface area contributed by atoms with Crippen molar-refractivity contribution in [1.29, 1.82) is 0 Å². The van der Waals surface area contributed by atoms with Gasteiger partial charge in [-0.15, -0.1) is 24.0 Å². The Balaban J connectivity index is 0.00000312. The van der Waals surface area contributed by atoms with Crippen molar-refractivity contribution in [3.05, 3.63) is 0 Å². The fourth-order valence-corrected chi connectivity index (χ4v) is 4.46. The molecule has 2 fully saturated rings. The third kappa shape index (κ3) is 6.84. The summed E-state index contributed by atoms with van der Waals surface area (Å²) in [5.41, 5.74) is 0.363. The van der Waals surface area contributed by atoms with Crippen molar-refractivity contribution in [2.24, 2.45) is 10.4 Å². The van der Waals surface area contributed by atoms with Crippen molar-refractivity contribution in [3.8, 4) is 0 Å². The summed E-state index contributed by atoms with van der Waals surface area (Å²) >= 11 is 0. The number of nitrogens with zero attached hydrogens (tertiary/aromatic N) is 2. The summed E-state index contributed by atoms with van der Waals surface area (Å²) in [5.74, 6) is 0.797. The molecule has 1 aliphatic heterocycles. The maximum Gasteiger partial charge on any atom is 0.215 e. The molecule has 1 heterocycles. The fraction of sp³-hybridized carbons (Fsp3) is 0.938. The molecule has 0 aromatic carbocycles. The molecule has 0 atom stereocenters. The quantitative estimate of drug-likeness (QED) is 0.307. The minimum Gasteiger partial charge on any atom is -0.379 e. The maximum atomic E-state index is 12.3. The van der Waals surface area contributed by atoms with Crippen LogP contribution < -0.4 is 10.6 Å². The summed E-state index contributed by atoms with van der Waals surface area (Å²) in [5, 5.41) is 6.37. The highest BCUT2D eigenvalue weighted by Gasteiger charge is 2.34. The first-order chi connectivity index (χ1) is 11.5. The third-order valence-corrected chi connectivity index (χ3v) is 6.97. The zero-order valence-electron chi connectivity index (χ0n) is 15.4. The van der Waals surface area contributed by atoms with Gasteiger partial charge in [0.1, 0.15) is 0 Å². The van der Waals surface area contributed by atoms with Gasteiger partial charge in [-0.05, 0) is 31.6 Å². The maximum absolute atomic E-state index is 12.3. The number of hydrogen-bond donors (Lipinski definition) is 2. The predicted molar refractivity (Wildman–Crippen MR) is 112 cm³/mol. The van der Waals surface area contributed by atoms with Crippen LogP contribution in [0, 0.1) is 5.41 Å². The smallest absolute Gasteiger partial charge is 0.215 e. The van der Waals surface area contributed by atoms with Gasteiger partial charge in [-0.3, -0.25) is 4.99 Å². The molecule has 1 saturated carbocycles. The fourth-order valence-electron chi connectivity index (χ4n) is 3.14. The summed E-state index contributed by atoms with van der Waals surface area (Å²) in [6, 6.07) is 0. The molecule has 0 amide bonds. The van der Waals surface area contributed by atoms with Crippen LogP contribution in [-0.4, -0.2) is 70.4 Å². The molecule has 148 valence electrons. The lowest BCUT2D eigenvalue weighted by Crippen LogP contribution is -2.45. The minimum absolute atomic E-state index is 0. The Bertz CT molecular complexity index is 512. The monoisotopic (exact) mass is 488 g/mol. The molecular formula is C16H33IN4O3S. The van der Waals surface area contributed by atoms with Gasteiger partial charge >= 0.3 is 0 Å². The zero-order valence-corrected chi connectivity index (χ0v) is 18.6. The molecule has 2 N–H and O–H groups in total. The first-order valence-corrected chi connectivity index (χ1v) is 10.7. The zero-order chi connectivity index (χ0) is 17.5. The van der Waals surface area contributed by atoms with E-state index in [2.05, 4.69) is 22.5 Å². The molecule has 9 heteroatoms. The summed E-state index contributed by atoms with van der Waals surface area (Å²) in [7, 11) is -3.23. The van der Waals surface area contributed by atoms with E-state index < -0.39 is 10.0 Å². The van der Waals surface area contributed by atoms with Gasteiger partial charge in [-0.25, -0.2) is 8.42 Å². The van der Waals surface area contributed by atoms with Crippen LogP contribution >= 0.6 is 24.0 Å². The number of guanidine groups is 1. The van der Waals surface area contributed by atoms with Crippen LogP contribution in [0.2, 0.25) is 0 Å². The van der Waals surface area contributed by atoms with Crippen molar-refractivity contribution in [1.82, 2.24) is 14.9 Å². The van der Waals surface area contributed by atoms with Gasteiger partial charge in [0, 0.05) is 32.7 Å². The molecule has 0 aromatic heterocycles. The van der Waals surface area contributed by atoms with E-state index in [9.17, 15) is 8.42 Å². The lowest BCUT2D eigenvalue weighted by atomic mass is 9.67. The average molecular weight is 488 g/mol. The number of nitrogens with one attached hydrogen (secondary N) is 2. The average Bonchev–Trinajstić information content (AvgIpc) is 2.55. The molecular weight excluding hydrogens is 455 g/mol. The van der Waals surface area contributed by atoms with Gasteiger partial charge in [-0.1, -0.05) is 13.3 Å². The molecule has 1 aliphatic carbocycles. The highest BCUT2D eigenvalue weighted by Crippen LogP contribution is 2.43. The first-order valence-electron chi connectivity index (χ1n) is 9.09. The van der Waals surface area contributed by atoms with Crippen molar-refractivity contribution in [3.63, 3.8) is 0 Å². The highest BCUT2D eigenvalue weighted by molar-refractivity contribution is 14.0. The number of aliphatic imine (C=N–C) groups is 1. The van der Waals surface area contributed by atoms with E-state index in [1.807, 2.05) is 6.92 Å². The highest BCUT2D eigenvalue weighted by atomic mass is 127. The van der Waals surface area contributed by atoms with Crippen molar-refractivity contribution >= 4 is 40.0 Å². The van der Waals surface area contributed by atoms with Crippen LogP contribution in [0.5, 0.6) is 0 Å². The van der Waals surface area contributed by atoms with E-state index in [1.165, 1.54) is 23.6 Å². The molecule has 25 heavy (non-hydrogen) atoms. The second-order valence-electron chi connectivity index (χ2n) is 6.66. The number of rotatable bonds is 8. The SMILES string of the molecule is CCNC(=NCC1(CC)CCC1)NCCS(=O)(=O)N1CCOCC1.I. The van der Waals surface area contributed by atoms with E-state index in [1.54, 1.807) is 0 Å². The van der Waals surface area contributed by atoms with Gasteiger partial charge < -0.3 is 15.4 Å². The van der Waals surface area contributed by atoms with Crippen LogP contribution in [0.3, 0.4) is 0 Å². The normalized spacial score (nSPS) is 21.1. The number of ether oxygens (including phenoxy) is 1. The van der Waals surface area contributed by atoms with E-state index in [0.29, 0.717) is 38.3 Å². The molecule has 0 aromatic rings. The van der Waals surface area contributed by atoms with Gasteiger partial charge in [0.25, 0.3) is 0 Å². The molecule has 2 rings (SSSR count). The number of morpholine rings is 1. The summed E-state index contributed by atoms with van der Waals surface area (Å²) < 4.78 is 31.4. The number of hydrogen-bond acceptors (Lipinski definition) is 4. The predicted octanol–water partition coefficient (Wildman–Crippen LogP) is 1.40. The molecule has 7 nitrogen and oxygen atoms in total. The van der Waals surface area contributed by atoms with Crippen LogP contribution in [0.15, 0.2) is 4.99 Å². The van der Waals surface area contributed by atoms with Crippen molar-refractivity contribution in [2.75, 3.05) is 51.7 Å². The number of halogens is 1. The van der Waals surface area contributed by atoms with Crippen LogP contribution in [0.25, 0.3) is 0 Å². The molecule has 2 aliphatic rings. The van der Waals surface area contributed by atoms with E-state index in [-0.39, 0.29) is 29.7 Å². The molecule has 0 unspecified atom stereocenters. The largest absolute Gasteiger partial charge is 0.379 e. The molecule has 0 radical (unpaired) electrons. The lowest BCUT2D eigenvalue weighted by molar-refractivity contribution is 0.0730. The molecule has 1 saturated heterocycles. The Morgan fingerprint density at radius 1 is 1.20 bits per heavy atom. The van der Waals surface area contributed by atoms with E-state index >= 15 is 0 Å². The molecule has 0 spiro atoms. The van der Waals surface area contributed by atoms with Crippen LogP contribution in [0.4, 0.5) is 0 Å². The Morgan fingerprint density at radius 2 is 1.88 bits per heavy atom. The Morgan fingerprint density at radius 3 is 2.40 bits per heavy atom.